The number of rotatable bonds is 12. The van der Waals surface area contributed by atoms with Crippen LogP contribution < -0.4 is 30.4 Å². The summed E-state index contributed by atoms with van der Waals surface area (Å²) in [4.78, 5) is 83.3. The summed E-state index contributed by atoms with van der Waals surface area (Å²) >= 11 is 0. The normalized spacial score (nSPS) is 20.2. The number of morpholine rings is 1. The van der Waals surface area contributed by atoms with Crippen LogP contribution in [0, 0.1) is 0 Å². The SMILES string of the molecule is CNC(=O)N1CCc2c(-c3cc(OC)c(CN4CCC5(CC4)CN(CCCCOc4ccc6c(c4)C(=O)N(C4CCC(=O)NC4=O)C6=O)CCO5)c(OC)c3)cn(C)c(=O)c2C1. The number of ether oxygens (including phenoxy) is 4. The first-order valence-corrected chi connectivity index (χ1v) is 21.4. The van der Waals surface area contributed by atoms with Gasteiger partial charge in [-0.1, -0.05) is 0 Å². The molecule has 0 aliphatic carbocycles. The third-order valence-corrected chi connectivity index (χ3v) is 13.0. The number of carbonyl (C=O) groups is 5. The van der Waals surface area contributed by atoms with E-state index < -0.39 is 29.7 Å². The number of nitrogens with zero attached hydrogens (tertiary/aromatic N) is 5. The van der Waals surface area contributed by atoms with E-state index in [0.717, 1.165) is 85.6 Å². The molecule has 5 aliphatic heterocycles. The molecule has 1 atom stereocenters. The van der Waals surface area contributed by atoms with Crippen molar-refractivity contribution >= 4 is 29.7 Å². The minimum Gasteiger partial charge on any atom is -0.496 e. The minimum atomic E-state index is -1.01. The number of urea groups is 1. The number of benzene rings is 2. The lowest BCUT2D eigenvalue weighted by Gasteiger charge is -2.47. The molecule has 6 amide bonds. The smallest absolute Gasteiger partial charge is 0.317 e. The average Bonchev–Trinajstić information content (AvgIpc) is 3.52. The highest BCUT2D eigenvalue weighted by atomic mass is 16.5. The molecule has 17 nitrogen and oxygen atoms in total. The number of amides is 6. The van der Waals surface area contributed by atoms with Gasteiger partial charge in [0.25, 0.3) is 17.4 Å². The maximum atomic E-state index is 13.2. The molecular weight excluding hydrogens is 799 g/mol. The molecule has 330 valence electrons. The van der Waals surface area contributed by atoms with E-state index in [2.05, 4.69) is 20.4 Å². The molecule has 0 radical (unpaired) electrons. The number of nitrogens with one attached hydrogen (secondary N) is 2. The fourth-order valence-electron chi connectivity index (χ4n) is 9.60. The van der Waals surface area contributed by atoms with Gasteiger partial charge < -0.3 is 33.7 Å². The first-order chi connectivity index (χ1) is 29.9. The Morgan fingerprint density at radius 3 is 2.34 bits per heavy atom. The number of methoxy groups -OCH3 is 2. The lowest BCUT2D eigenvalue weighted by molar-refractivity contribution is -0.136. The van der Waals surface area contributed by atoms with Gasteiger partial charge in [-0.3, -0.25) is 44.0 Å². The standard InChI is InChI=1S/C45H55N7O10/c1-46-44(58)51-15-11-30-33(24-48(2)41(55)34(30)26-51)28-21-37(59-3)35(38(22-28)60-4)25-49-16-12-45(13-17-49)27-50(18-20-62-45)14-5-6-19-61-29-7-8-31-32(23-29)43(57)52(42(31)56)36-9-10-39(53)47-40(36)54/h7-8,21-24,36H,5-6,9-20,25-27H2,1-4H3,(H,46,58)(H,47,53,54). The predicted octanol–water partition coefficient (Wildman–Crippen LogP) is 2.69. The lowest BCUT2D eigenvalue weighted by atomic mass is 9.88. The molecule has 3 aromatic rings. The van der Waals surface area contributed by atoms with Crippen molar-refractivity contribution in [3.8, 4) is 28.4 Å². The lowest BCUT2D eigenvalue weighted by Crippen LogP contribution is -2.56. The van der Waals surface area contributed by atoms with Gasteiger partial charge in [-0.15, -0.1) is 0 Å². The quantitative estimate of drug-likeness (QED) is 0.201. The fourth-order valence-corrected chi connectivity index (χ4v) is 9.60. The Balaban J connectivity index is 0.833. The number of aryl methyl sites for hydroxylation is 1. The summed E-state index contributed by atoms with van der Waals surface area (Å²) in [6, 6.07) is 7.63. The molecule has 0 bridgehead atoms. The van der Waals surface area contributed by atoms with E-state index in [-0.39, 0.29) is 47.7 Å². The van der Waals surface area contributed by atoms with Crippen LogP contribution in [0.25, 0.3) is 11.1 Å². The van der Waals surface area contributed by atoms with Crippen LogP contribution in [0.1, 0.15) is 75.9 Å². The second-order valence-electron chi connectivity index (χ2n) is 16.8. The van der Waals surface area contributed by atoms with E-state index in [1.165, 1.54) is 0 Å². The maximum Gasteiger partial charge on any atom is 0.317 e. The van der Waals surface area contributed by atoms with Crippen LogP contribution in [0.2, 0.25) is 0 Å². The predicted molar refractivity (Wildman–Crippen MR) is 226 cm³/mol. The number of imide groups is 2. The molecule has 1 aromatic heterocycles. The van der Waals surface area contributed by atoms with Crippen LogP contribution in [0.15, 0.2) is 41.3 Å². The third kappa shape index (κ3) is 8.40. The number of likely N-dealkylation sites (tertiary alicyclic amines) is 1. The number of pyridine rings is 1. The van der Waals surface area contributed by atoms with Gasteiger partial charge in [-0.05, 0) is 86.5 Å². The fraction of sp³-hybridized carbons (Fsp3) is 0.511. The van der Waals surface area contributed by atoms with Crippen molar-refractivity contribution in [3.05, 3.63) is 74.7 Å². The molecule has 0 saturated carbocycles. The average molecular weight is 854 g/mol. The van der Waals surface area contributed by atoms with Crippen LogP contribution >= 0.6 is 0 Å². The van der Waals surface area contributed by atoms with Gasteiger partial charge >= 0.3 is 6.03 Å². The highest BCUT2D eigenvalue weighted by molar-refractivity contribution is 6.23. The Kier molecular flexibility index (Phi) is 12.4. The summed E-state index contributed by atoms with van der Waals surface area (Å²) in [7, 11) is 6.66. The van der Waals surface area contributed by atoms with Crippen LogP contribution in [-0.4, -0.2) is 139 Å². The van der Waals surface area contributed by atoms with Crippen molar-refractivity contribution in [1.29, 1.82) is 0 Å². The molecule has 1 spiro atoms. The Morgan fingerprint density at radius 1 is 0.887 bits per heavy atom. The zero-order chi connectivity index (χ0) is 43.7. The van der Waals surface area contributed by atoms with E-state index in [4.69, 9.17) is 18.9 Å². The second-order valence-corrected chi connectivity index (χ2v) is 16.8. The summed E-state index contributed by atoms with van der Waals surface area (Å²) in [5.41, 5.74) is 4.44. The van der Waals surface area contributed by atoms with Gasteiger partial charge in [0.1, 0.15) is 23.3 Å². The van der Waals surface area contributed by atoms with Gasteiger partial charge in [0, 0.05) is 77.1 Å². The molecular formula is C45H55N7O10. The van der Waals surface area contributed by atoms with Crippen molar-refractivity contribution in [1.82, 2.24) is 34.8 Å². The van der Waals surface area contributed by atoms with E-state index in [9.17, 15) is 28.8 Å². The molecule has 62 heavy (non-hydrogen) atoms. The van der Waals surface area contributed by atoms with Gasteiger partial charge in [0.05, 0.1) is 56.3 Å². The summed E-state index contributed by atoms with van der Waals surface area (Å²) in [6.45, 7) is 6.86. The maximum absolute atomic E-state index is 13.2. The number of unbranched alkanes of at least 4 members (excludes halogenated alkanes) is 1. The molecule has 8 rings (SSSR count). The third-order valence-electron chi connectivity index (χ3n) is 13.0. The van der Waals surface area contributed by atoms with Gasteiger partial charge in [0.15, 0.2) is 0 Å². The van der Waals surface area contributed by atoms with Crippen LogP contribution in [-0.2, 0) is 40.9 Å². The highest BCUT2D eigenvalue weighted by Gasteiger charge is 2.45. The molecule has 2 N–H and O–H groups in total. The topological polar surface area (TPSA) is 181 Å². The molecule has 3 fully saturated rings. The Labute approximate surface area is 360 Å². The first-order valence-electron chi connectivity index (χ1n) is 21.4. The highest BCUT2D eigenvalue weighted by Crippen LogP contribution is 2.40. The second kappa shape index (κ2) is 17.9. The number of piperidine rings is 2. The number of aromatic nitrogens is 1. The summed E-state index contributed by atoms with van der Waals surface area (Å²) in [5.74, 6) is -0.228. The number of carbonyl (C=O) groups excluding carboxylic acids is 5. The van der Waals surface area contributed by atoms with E-state index in [1.807, 2.05) is 18.3 Å². The molecule has 3 saturated heterocycles. The largest absolute Gasteiger partial charge is 0.496 e. The Hall–Kier alpha value is -5.78. The number of fused-ring (bicyclic) bond motifs is 2. The molecule has 6 heterocycles. The molecule has 17 heteroatoms. The Bertz CT molecular complexity index is 2310. The van der Waals surface area contributed by atoms with Crippen molar-refractivity contribution in [3.63, 3.8) is 0 Å². The van der Waals surface area contributed by atoms with E-state index in [1.54, 1.807) is 56.0 Å². The first kappa shape index (κ1) is 42.9. The van der Waals surface area contributed by atoms with Crippen molar-refractivity contribution in [2.24, 2.45) is 7.05 Å². The van der Waals surface area contributed by atoms with E-state index >= 15 is 0 Å². The van der Waals surface area contributed by atoms with Gasteiger partial charge in [-0.25, -0.2) is 4.79 Å². The summed E-state index contributed by atoms with van der Waals surface area (Å²) in [6.07, 6.45) is 6.11. The van der Waals surface area contributed by atoms with Crippen molar-refractivity contribution in [2.75, 3.05) is 73.7 Å². The Morgan fingerprint density at radius 2 is 1.63 bits per heavy atom. The summed E-state index contributed by atoms with van der Waals surface area (Å²) in [5, 5.41) is 4.88. The van der Waals surface area contributed by atoms with Crippen LogP contribution in [0.3, 0.4) is 0 Å². The van der Waals surface area contributed by atoms with Crippen molar-refractivity contribution in [2.45, 2.75) is 69.7 Å². The number of hydrogen-bond donors (Lipinski definition) is 2. The molecule has 2 aromatic carbocycles. The minimum absolute atomic E-state index is 0.0693. The number of hydrogen-bond acceptors (Lipinski definition) is 12. The monoisotopic (exact) mass is 853 g/mol. The van der Waals surface area contributed by atoms with Gasteiger partial charge in [-0.2, -0.15) is 0 Å². The zero-order valence-corrected chi connectivity index (χ0v) is 35.9. The molecule has 1 unspecified atom stereocenters. The van der Waals surface area contributed by atoms with Crippen LogP contribution in [0.4, 0.5) is 4.79 Å². The zero-order valence-electron chi connectivity index (χ0n) is 35.9. The van der Waals surface area contributed by atoms with Crippen molar-refractivity contribution < 1.29 is 42.9 Å². The van der Waals surface area contributed by atoms with Gasteiger partial charge in [0.2, 0.25) is 11.8 Å². The van der Waals surface area contributed by atoms with E-state index in [0.29, 0.717) is 55.5 Å². The summed E-state index contributed by atoms with van der Waals surface area (Å²) < 4.78 is 26.0. The molecule has 5 aliphatic rings. The van der Waals surface area contributed by atoms with Crippen LogP contribution in [0.5, 0.6) is 17.2 Å².